The second-order valence-corrected chi connectivity index (χ2v) is 20.2. The van der Waals surface area contributed by atoms with Crippen molar-refractivity contribution < 1.29 is 115 Å². The third kappa shape index (κ3) is 15.6. The number of benzene rings is 5. The number of rotatable bonds is 25. The standard InChI is InChI=1S/C49H30N4O16.C17H20O8/c1-25-20-32(68-46(62)26-2-8-30(9-3-26)66-48(64)28-6-13-33-35(21-28)44(60)52(42(33)58)23-50-38(54)16-17-39(50)55)12-15-37(25)69-47(63)27-4-10-31(11-5-27)67-49(65)29-7-14-34-36(22-29)45(61)53(43(34)59)24-51-40(56)18-19-41(51)57;1-5-13(18)22-9-17(10-23-14(19)6-2,11-24-15(20)7-3)12-25-16(21)8-4/h2-22,48,64H,23-24H2,1H3;5-8H,1-4,9-12H2. The molecular weight excluding hydrogens is 1230 g/mol. The first-order chi connectivity index (χ1) is 44.9. The van der Waals surface area contributed by atoms with Crippen molar-refractivity contribution in [3.63, 3.8) is 0 Å². The Bertz CT molecular complexity index is 4020. The Hall–Kier alpha value is -12.9. The van der Waals surface area contributed by atoms with E-state index in [1.54, 1.807) is 6.92 Å². The predicted molar refractivity (Wildman–Crippen MR) is 317 cm³/mol. The number of nitrogens with zero attached hydrogens (tertiary/aromatic N) is 4. The first kappa shape index (κ1) is 67.1. The van der Waals surface area contributed by atoms with Crippen LogP contribution in [0.25, 0.3) is 0 Å². The van der Waals surface area contributed by atoms with E-state index >= 15 is 0 Å². The van der Waals surface area contributed by atoms with Crippen LogP contribution >= 0.6 is 0 Å². The van der Waals surface area contributed by atoms with E-state index < -0.39 is 114 Å². The van der Waals surface area contributed by atoms with Crippen LogP contribution in [0.3, 0.4) is 0 Å². The Morgan fingerprint density at radius 1 is 0.426 bits per heavy atom. The first-order valence-corrected chi connectivity index (χ1v) is 27.4. The minimum Gasteiger partial charge on any atom is -0.462 e. The molecule has 1 unspecified atom stereocenters. The number of aliphatic hydroxyl groups is 1. The number of imide groups is 4. The van der Waals surface area contributed by atoms with Gasteiger partial charge in [-0.2, -0.15) is 0 Å². The molecule has 0 saturated heterocycles. The van der Waals surface area contributed by atoms with E-state index in [1.807, 2.05) is 0 Å². The van der Waals surface area contributed by atoms with Crippen LogP contribution in [0.4, 0.5) is 0 Å². The number of ether oxygens (including phenoxy) is 8. The Balaban J connectivity index is 0.000000385. The van der Waals surface area contributed by atoms with Crippen molar-refractivity contribution in [2.75, 3.05) is 39.8 Å². The number of fused-ring (bicyclic) bond motifs is 2. The zero-order chi connectivity index (χ0) is 68.1. The quantitative estimate of drug-likeness (QED) is 0.0209. The summed E-state index contributed by atoms with van der Waals surface area (Å²) in [6.07, 6.45) is 6.19. The van der Waals surface area contributed by atoms with Crippen molar-refractivity contribution in [1.29, 1.82) is 0 Å². The molecule has 4 heterocycles. The monoisotopic (exact) mass is 1280 g/mol. The van der Waals surface area contributed by atoms with Crippen molar-refractivity contribution in [3.8, 4) is 23.0 Å². The van der Waals surface area contributed by atoms with Gasteiger partial charge < -0.3 is 43.0 Å². The van der Waals surface area contributed by atoms with Gasteiger partial charge in [0.25, 0.3) is 47.3 Å². The van der Waals surface area contributed by atoms with Crippen molar-refractivity contribution in [3.05, 3.63) is 228 Å². The summed E-state index contributed by atoms with van der Waals surface area (Å²) in [7, 11) is 0. The molecule has 9 rings (SSSR count). The summed E-state index contributed by atoms with van der Waals surface area (Å²) in [5.74, 6) is -10.7. The highest BCUT2D eigenvalue weighted by atomic mass is 16.6. The Labute approximate surface area is 531 Å². The molecule has 0 aliphatic carbocycles. The van der Waals surface area contributed by atoms with Gasteiger partial charge in [0.2, 0.25) is 6.29 Å². The number of amides is 8. The third-order valence-electron chi connectivity index (χ3n) is 13.8. The van der Waals surface area contributed by atoms with Gasteiger partial charge in [0.05, 0.1) is 38.9 Å². The van der Waals surface area contributed by atoms with E-state index in [-0.39, 0.29) is 93.9 Å². The fourth-order valence-corrected chi connectivity index (χ4v) is 8.76. The fourth-order valence-electron chi connectivity index (χ4n) is 8.76. The molecule has 4 aliphatic heterocycles. The van der Waals surface area contributed by atoms with Crippen molar-refractivity contribution >= 4 is 89.0 Å². The molecule has 1 atom stereocenters. The lowest BCUT2D eigenvalue weighted by Gasteiger charge is -2.31. The molecule has 0 radical (unpaired) electrons. The number of aryl methyl sites for hydroxylation is 1. The van der Waals surface area contributed by atoms with E-state index in [4.69, 9.17) is 37.9 Å². The molecule has 0 bridgehead atoms. The SMILES string of the molecule is C=CC(=O)OCC(COC(=O)C=C)(COC(=O)C=C)COC(=O)C=C.Cc1cc(OC(=O)c2ccc(OC(O)c3ccc4c(c3)C(=O)N(CN3C(=O)C=CC3=O)C4=O)cc2)ccc1OC(=O)c1ccc(OC(=O)c2ccc3c(c2)C(=O)N(CN2C(=O)C=CC2=O)C3=O)cc1. The topological polar surface area (TPSA) is 363 Å². The zero-order valence-corrected chi connectivity index (χ0v) is 49.2. The van der Waals surface area contributed by atoms with E-state index in [0.29, 0.717) is 5.56 Å². The maximum absolute atomic E-state index is 13.1. The highest BCUT2D eigenvalue weighted by molar-refractivity contribution is 6.23. The molecule has 0 spiro atoms. The van der Waals surface area contributed by atoms with Gasteiger partial charge >= 0.3 is 41.8 Å². The summed E-state index contributed by atoms with van der Waals surface area (Å²) in [5, 5.41) is 10.8. The summed E-state index contributed by atoms with van der Waals surface area (Å²) >= 11 is 0. The van der Waals surface area contributed by atoms with Crippen LogP contribution in [0.2, 0.25) is 0 Å². The maximum Gasteiger partial charge on any atom is 0.343 e. The lowest BCUT2D eigenvalue weighted by atomic mass is 9.92. The van der Waals surface area contributed by atoms with Crippen molar-refractivity contribution in [1.82, 2.24) is 19.6 Å². The molecule has 28 nitrogen and oxygen atoms in total. The molecule has 478 valence electrons. The van der Waals surface area contributed by atoms with E-state index in [9.17, 15) is 77.0 Å². The van der Waals surface area contributed by atoms with Gasteiger partial charge in [-0.05, 0) is 110 Å². The smallest absolute Gasteiger partial charge is 0.343 e. The Morgan fingerprint density at radius 2 is 0.787 bits per heavy atom. The largest absolute Gasteiger partial charge is 0.462 e. The maximum atomic E-state index is 13.1. The van der Waals surface area contributed by atoms with E-state index in [1.165, 1.54) is 103 Å². The van der Waals surface area contributed by atoms with Gasteiger partial charge in [0.1, 0.15) is 68.2 Å². The van der Waals surface area contributed by atoms with Crippen LogP contribution in [0.15, 0.2) is 178 Å². The average molecular weight is 1280 g/mol. The Kier molecular flexibility index (Phi) is 20.8. The summed E-state index contributed by atoms with van der Waals surface area (Å²) in [6, 6.07) is 22.9. The van der Waals surface area contributed by atoms with Crippen LogP contribution in [0, 0.1) is 12.3 Å². The van der Waals surface area contributed by atoms with Crippen LogP contribution in [-0.4, -0.2) is 154 Å². The first-order valence-electron chi connectivity index (χ1n) is 27.4. The van der Waals surface area contributed by atoms with E-state index in [2.05, 4.69) is 26.3 Å². The molecule has 5 aromatic rings. The van der Waals surface area contributed by atoms with Crippen LogP contribution in [0.5, 0.6) is 23.0 Å². The van der Waals surface area contributed by atoms with Crippen LogP contribution in [-0.2, 0) is 57.3 Å². The van der Waals surface area contributed by atoms with Gasteiger partial charge in [-0.1, -0.05) is 32.4 Å². The molecule has 28 heteroatoms. The molecule has 0 aromatic heterocycles. The lowest BCUT2D eigenvalue weighted by Crippen LogP contribution is -2.43. The van der Waals surface area contributed by atoms with Crippen LogP contribution in [0.1, 0.15) is 89.9 Å². The number of hydrogen-bond donors (Lipinski definition) is 1. The molecular formula is C66H50N4O24. The number of hydrogen-bond acceptors (Lipinski definition) is 24. The van der Waals surface area contributed by atoms with Crippen molar-refractivity contribution in [2.45, 2.75) is 13.2 Å². The summed E-state index contributed by atoms with van der Waals surface area (Å²) in [6.45, 7) is 12.0. The van der Waals surface area contributed by atoms with Gasteiger partial charge in [-0.15, -0.1) is 0 Å². The number of esters is 7. The highest BCUT2D eigenvalue weighted by Gasteiger charge is 2.42. The fraction of sp³-hybridized carbons (Fsp3) is 0.136. The Morgan fingerprint density at radius 3 is 1.22 bits per heavy atom. The predicted octanol–water partition coefficient (Wildman–Crippen LogP) is 4.57. The number of carbonyl (C=O) groups is 15. The van der Waals surface area contributed by atoms with E-state index in [0.717, 1.165) is 68.2 Å². The molecule has 0 fully saturated rings. The molecule has 1 N–H and O–H groups in total. The molecule has 4 aliphatic rings. The number of aliphatic hydroxyl groups excluding tert-OH is 1. The second-order valence-electron chi connectivity index (χ2n) is 20.2. The molecule has 5 aromatic carbocycles. The van der Waals surface area contributed by atoms with Gasteiger partial charge in [0.15, 0.2) is 0 Å². The third-order valence-corrected chi connectivity index (χ3v) is 13.8. The lowest BCUT2D eigenvalue weighted by molar-refractivity contribution is -0.164. The normalized spacial score (nSPS) is 13.9. The number of carbonyl (C=O) groups excluding carboxylic acids is 15. The highest BCUT2D eigenvalue weighted by Crippen LogP contribution is 2.31. The molecule has 0 saturated carbocycles. The minimum atomic E-state index is -1.60. The summed E-state index contributed by atoms with van der Waals surface area (Å²) < 4.78 is 41.8. The average Bonchev–Trinajstić information content (AvgIpc) is 1.63. The molecule has 94 heavy (non-hydrogen) atoms. The summed E-state index contributed by atoms with van der Waals surface area (Å²) in [5.41, 5.74) is -0.821. The summed E-state index contributed by atoms with van der Waals surface area (Å²) in [4.78, 5) is 187. The van der Waals surface area contributed by atoms with Crippen LogP contribution < -0.4 is 18.9 Å². The van der Waals surface area contributed by atoms with Gasteiger partial charge in [-0.3, -0.25) is 58.0 Å². The van der Waals surface area contributed by atoms with Crippen molar-refractivity contribution in [2.24, 2.45) is 5.41 Å². The molecule has 8 amide bonds. The zero-order valence-electron chi connectivity index (χ0n) is 49.2. The second kappa shape index (κ2) is 29.2. The van der Waals surface area contributed by atoms with Gasteiger partial charge in [-0.25, -0.2) is 33.6 Å². The minimum absolute atomic E-state index is 0.0186. The van der Waals surface area contributed by atoms with Gasteiger partial charge in [0, 0.05) is 54.2 Å².